The molecule has 0 aromatic heterocycles. The molecule has 0 spiro atoms. The van der Waals surface area contributed by atoms with E-state index in [1.165, 1.54) is 7.11 Å². The molecule has 1 unspecified atom stereocenters. The molecule has 0 bridgehead atoms. The molecule has 2 rings (SSSR count). The van der Waals surface area contributed by atoms with Crippen LogP contribution >= 0.6 is 0 Å². The van der Waals surface area contributed by atoms with Gasteiger partial charge in [-0.25, -0.2) is 0 Å². The van der Waals surface area contributed by atoms with E-state index in [9.17, 15) is 4.79 Å². The van der Waals surface area contributed by atoms with Crippen molar-refractivity contribution in [3.8, 4) is 16.9 Å². The van der Waals surface area contributed by atoms with Crippen LogP contribution in [0.4, 0.5) is 0 Å². The lowest BCUT2D eigenvalue weighted by Gasteiger charge is -2.11. The number of esters is 1. The van der Waals surface area contributed by atoms with Crippen LogP contribution in [0.25, 0.3) is 11.1 Å². The summed E-state index contributed by atoms with van der Waals surface area (Å²) in [7, 11) is 3.06. The van der Waals surface area contributed by atoms with E-state index in [0.29, 0.717) is 0 Å². The Bertz CT molecular complexity index is 587. The zero-order valence-corrected chi connectivity index (χ0v) is 11.9. The van der Waals surface area contributed by atoms with Gasteiger partial charge < -0.3 is 9.47 Å². The normalized spacial score (nSPS) is 11.8. The topological polar surface area (TPSA) is 35.5 Å². The SMILES string of the molecule is COC(=O)C(C)c1cccc(-c2ccc(OC)cc2)c1. The number of methoxy groups -OCH3 is 2. The zero-order valence-electron chi connectivity index (χ0n) is 11.9. The van der Waals surface area contributed by atoms with Crippen molar-refractivity contribution in [3.63, 3.8) is 0 Å². The molecule has 1 atom stereocenters. The smallest absolute Gasteiger partial charge is 0.312 e. The fourth-order valence-electron chi connectivity index (χ4n) is 2.08. The van der Waals surface area contributed by atoms with Crippen molar-refractivity contribution in [1.29, 1.82) is 0 Å². The van der Waals surface area contributed by atoms with Crippen molar-refractivity contribution in [2.45, 2.75) is 12.8 Å². The number of ether oxygens (including phenoxy) is 2. The third-order valence-electron chi connectivity index (χ3n) is 3.36. The Morgan fingerprint density at radius 3 is 2.30 bits per heavy atom. The van der Waals surface area contributed by atoms with Crippen LogP contribution in [0.3, 0.4) is 0 Å². The highest BCUT2D eigenvalue weighted by Gasteiger charge is 2.15. The summed E-state index contributed by atoms with van der Waals surface area (Å²) in [6, 6.07) is 15.8. The molecule has 0 aliphatic rings. The molecular formula is C17H18O3. The van der Waals surface area contributed by atoms with Gasteiger partial charge in [0.1, 0.15) is 5.75 Å². The lowest BCUT2D eigenvalue weighted by Crippen LogP contribution is -2.10. The van der Waals surface area contributed by atoms with Gasteiger partial charge in [-0.1, -0.05) is 36.4 Å². The van der Waals surface area contributed by atoms with E-state index in [1.807, 2.05) is 55.5 Å². The minimum atomic E-state index is -0.266. The van der Waals surface area contributed by atoms with Crippen molar-refractivity contribution in [2.75, 3.05) is 14.2 Å². The van der Waals surface area contributed by atoms with Gasteiger partial charge in [0.2, 0.25) is 0 Å². The van der Waals surface area contributed by atoms with Crippen LogP contribution in [-0.2, 0) is 9.53 Å². The summed E-state index contributed by atoms with van der Waals surface area (Å²) >= 11 is 0. The first-order valence-corrected chi connectivity index (χ1v) is 6.48. The molecule has 0 heterocycles. The summed E-state index contributed by atoms with van der Waals surface area (Å²) in [6.07, 6.45) is 0. The maximum Gasteiger partial charge on any atom is 0.312 e. The van der Waals surface area contributed by atoms with Crippen molar-refractivity contribution in [1.82, 2.24) is 0 Å². The van der Waals surface area contributed by atoms with Gasteiger partial charge in [0.05, 0.1) is 20.1 Å². The highest BCUT2D eigenvalue weighted by molar-refractivity contribution is 5.78. The summed E-state index contributed by atoms with van der Waals surface area (Å²) < 4.78 is 9.94. The van der Waals surface area contributed by atoms with E-state index in [0.717, 1.165) is 22.4 Å². The number of benzene rings is 2. The minimum Gasteiger partial charge on any atom is -0.497 e. The van der Waals surface area contributed by atoms with Crippen molar-refractivity contribution in [3.05, 3.63) is 54.1 Å². The Morgan fingerprint density at radius 1 is 1.00 bits per heavy atom. The first-order chi connectivity index (χ1) is 9.65. The number of hydrogen-bond donors (Lipinski definition) is 0. The number of carbonyl (C=O) groups excluding carboxylic acids is 1. The van der Waals surface area contributed by atoms with Gasteiger partial charge in [0.25, 0.3) is 0 Å². The van der Waals surface area contributed by atoms with Gasteiger partial charge in [-0.05, 0) is 35.7 Å². The van der Waals surface area contributed by atoms with Gasteiger partial charge >= 0.3 is 5.97 Å². The maximum absolute atomic E-state index is 11.6. The second-order valence-electron chi connectivity index (χ2n) is 4.60. The number of hydrogen-bond acceptors (Lipinski definition) is 3. The van der Waals surface area contributed by atoms with Crippen LogP contribution in [0.5, 0.6) is 5.75 Å². The lowest BCUT2D eigenvalue weighted by molar-refractivity contribution is -0.141. The fourth-order valence-corrected chi connectivity index (χ4v) is 2.08. The predicted octanol–water partition coefficient (Wildman–Crippen LogP) is 3.64. The number of rotatable bonds is 4. The third kappa shape index (κ3) is 2.99. The van der Waals surface area contributed by atoms with E-state index in [-0.39, 0.29) is 11.9 Å². The van der Waals surface area contributed by atoms with E-state index in [4.69, 9.17) is 9.47 Å². The van der Waals surface area contributed by atoms with Crippen LogP contribution in [0.1, 0.15) is 18.4 Å². The molecule has 0 saturated carbocycles. The van der Waals surface area contributed by atoms with E-state index >= 15 is 0 Å². The Balaban J connectivity index is 2.31. The Kier molecular flexibility index (Phi) is 4.41. The zero-order chi connectivity index (χ0) is 14.5. The average molecular weight is 270 g/mol. The molecule has 0 aliphatic carbocycles. The molecule has 20 heavy (non-hydrogen) atoms. The van der Waals surface area contributed by atoms with Gasteiger partial charge in [-0.3, -0.25) is 4.79 Å². The van der Waals surface area contributed by atoms with E-state index in [2.05, 4.69) is 0 Å². The quantitative estimate of drug-likeness (QED) is 0.796. The first-order valence-electron chi connectivity index (χ1n) is 6.48. The Hall–Kier alpha value is -2.29. The molecule has 104 valence electrons. The molecule has 3 heteroatoms. The predicted molar refractivity (Wildman–Crippen MR) is 78.9 cm³/mol. The highest BCUT2D eigenvalue weighted by Crippen LogP contribution is 2.26. The monoisotopic (exact) mass is 270 g/mol. The summed E-state index contributed by atoms with van der Waals surface area (Å²) in [5.41, 5.74) is 3.11. The molecule has 3 nitrogen and oxygen atoms in total. The summed E-state index contributed by atoms with van der Waals surface area (Å²) in [6.45, 7) is 1.85. The van der Waals surface area contributed by atoms with E-state index < -0.39 is 0 Å². The second-order valence-corrected chi connectivity index (χ2v) is 4.60. The van der Waals surface area contributed by atoms with Crippen LogP contribution in [0.2, 0.25) is 0 Å². The minimum absolute atomic E-state index is 0.225. The molecular weight excluding hydrogens is 252 g/mol. The maximum atomic E-state index is 11.6. The molecule has 0 aliphatic heterocycles. The van der Waals surface area contributed by atoms with E-state index in [1.54, 1.807) is 7.11 Å². The standard InChI is InChI=1S/C17H18O3/c1-12(17(18)20-3)14-5-4-6-15(11-14)13-7-9-16(19-2)10-8-13/h4-12H,1-3H3. The third-order valence-corrected chi connectivity index (χ3v) is 3.36. The lowest BCUT2D eigenvalue weighted by atomic mass is 9.96. The Morgan fingerprint density at radius 2 is 1.70 bits per heavy atom. The summed E-state index contributed by atoms with van der Waals surface area (Å²) in [4.78, 5) is 11.6. The van der Waals surface area contributed by atoms with Crippen LogP contribution in [0.15, 0.2) is 48.5 Å². The largest absolute Gasteiger partial charge is 0.497 e. The van der Waals surface area contributed by atoms with Gasteiger partial charge in [-0.15, -0.1) is 0 Å². The highest BCUT2D eigenvalue weighted by atomic mass is 16.5. The second kappa shape index (κ2) is 6.24. The summed E-state index contributed by atoms with van der Waals surface area (Å²) in [5, 5.41) is 0. The summed E-state index contributed by atoms with van der Waals surface area (Å²) in [5.74, 6) is 0.336. The Labute approximate surface area is 119 Å². The van der Waals surface area contributed by atoms with Crippen LogP contribution < -0.4 is 4.74 Å². The molecule has 0 fully saturated rings. The van der Waals surface area contributed by atoms with Crippen LogP contribution in [-0.4, -0.2) is 20.2 Å². The molecule has 0 saturated heterocycles. The van der Waals surface area contributed by atoms with Crippen molar-refractivity contribution in [2.24, 2.45) is 0 Å². The van der Waals surface area contributed by atoms with Crippen molar-refractivity contribution < 1.29 is 14.3 Å². The fraction of sp³-hybridized carbons (Fsp3) is 0.235. The average Bonchev–Trinajstić information content (AvgIpc) is 2.53. The van der Waals surface area contributed by atoms with Gasteiger partial charge in [-0.2, -0.15) is 0 Å². The first kappa shape index (κ1) is 14.1. The molecule has 2 aromatic rings. The molecule has 0 N–H and O–H groups in total. The number of carbonyl (C=O) groups is 1. The van der Waals surface area contributed by atoms with Crippen molar-refractivity contribution >= 4 is 5.97 Å². The van der Waals surface area contributed by atoms with Gasteiger partial charge in [0, 0.05) is 0 Å². The molecule has 0 radical (unpaired) electrons. The molecule has 2 aromatic carbocycles. The van der Waals surface area contributed by atoms with Crippen LogP contribution in [0, 0.1) is 0 Å². The molecule has 0 amide bonds. The van der Waals surface area contributed by atoms with Gasteiger partial charge in [0.15, 0.2) is 0 Å².